The zero-order chi connectivity index (χ0) is 16.5. The zero-order valence-electron chi connectivity index (χ0n) is 12.6. The van der Waals surface area contributed by atoms with Crippen molar-refractivity contribution in [2.24, 2.45) is 5.84 Å². The Morgan fingerprint density at radius 3 is 2.33 bits per heavy atom. The van der Waals surface area contributed by atoms with Gasteiger partial charge in [0.15, 0.2) is 0 Å². The molecule has 0 radical (unpaired) electrons. The fraction of sp³-hybridized carbons (Fsp3) is 0.750. The molecule has 1 atom stereocenters. The highest BCUT2D eigenvalue weighted by Gasteiger charge is 2.19. The molecule has 0 aliphatic heterocycles. The first kappa shape index (κ1) is 19.0. The van der Waals surface area contributed by atoms with Crippen molar-refractivity contribution in [1.29, 1.82) is 0 Å². The zero-order valence-corrected chi connectivity index (χ0v) is 12.6. The lowest BCUT2D eigenvalue weighted by Gasteiger charge is -2.19. The molecule has 0 spiro atoms. The van der Waals surface area contributed by atoms with Gasteiger partial charge in [-0.25, -0.2) is 15.4 Å². The van der Waals surface area contributed by atoms with Crippen molar-refractivity contribution in [2.75, 3.05) is 6.54 Å². The molecule has 6 N–H and O–H groups in total. The van der Waals surface area contributed by atoms with Crippen molar-refractivity contribution < 1.29 is 24.2 Å². The quantitative estimate of drug-likeness (QED) is 0.198. The summed E-state index contributed by atoms with van der Waals surface area (Å²) in [5.74, 6) is 4.37. The molecule has 9 heteroatoms. The minimum absolute atomic E-state index is 0.283. The van der Waals surface area contributed by atoms with E-state index in [4.69, 9.17) is 15.7 Å². The topological polar surface area (TPSA) is 143 Å². The molecule has 122 valence electrons. The largest absolute Gasteiger partial charge is 0.465 e. The number of alkyl carbamates (subject to hydrolysis) is 1. The Bertz CT molecular complexity index is 367. The van der Waals surface area contributed by atoms with Gasteiger partial charge in [-0.05, 0) is 40.0 Å². The van der Waals surface area contributed by atoms with Crippen LogP contribution in [0.2, 0.25) is 0 Å². The minimum atomic E-state index is -1.30. The van der Waals surface area contributed by atoms with E-state index in [-0.39, 0.29) is 6.42 Å². The summed E-state index contributed by atoms with van der Waals surface area (Å²) in [6.45, 7) is 5.67. The van der Waals surface area contributed by atoms with Crippen LogP contribution in [0.4, 0.5) is 9.59 Å². The Morgan fingerprint density at radius 2 is 1.86 bits per heavy atom. The summed E-state index contributed by atoms with van der Waals surface area (Å²) < 4.78 is 5.05. The van der Waals surface area contributed by atoms with Crippen LogP contribution in [0, 0.1) is 0 Å². The predicted molar refractivity (Wildman–Crippen MR) is 75.4 cm³/mol. The highest BCUT2D eigenvalue weighted by atomic mass is 16.6. The third-order valence-corrected chi connectivity index (χ3v) is 2.34. The van der Waals surface area contributed by atoms with Crippen LogP contribution in [0.15, 0.2) is 0 Å². The van der Waals surface area contributed by atoms with Crippen molar-refractivity contribution in [3.05, 3.63) is 0 Å². The molecule has 21 heavy (non-hydrogen) atoms. The van der Waals surface area contributed by atoms with E-state index in [1.54, 1.807) is 20.8 Å². The Hall–Kier alpha value is -2.03. The number of carbonyl (C=O) groups is 3. The molecule has 0 saturated heterocycles. The molecule has 3 amide bonds. The van der Waals surface area contributed by atoms with Gasteiger partial charge in [-0.15, -0.1) is 0 Å². The normalized spacial score (nSPS) is 12.2. The van der Waals surface area contributed by atoms with Gasteiger partial charge in [-0.2, -0.15) is 0 Å². The highest BCUT2D eigenvalue weighted by molar-refractivity contribution is 5.84. The molecule has 0 aromatic rings. The van der Waals surface area contributed by atoms with Crippen LogP contribution in [0.3, 0.4) is 0 Å². The maximum atomic E-state index is 11.4. The van der Waals surface area contributed by atoms with Gasteiger partial charge >= 0.3 is 12.2 Å². The Morgan fingerprint density at radius 1 is 1.24 bits per heavy atom. The van der Waals surface area contributed by atoms with Crippen molar-refractivity contribution in [1.82, 2.24) is 16.1 Å². The van der Waals surface area contributed by atoms with Crippen LogP contribution >= 0.6 is 0 Å². The molecule has 0 aliphatic carbocycles. The van der Waals surface area contributed by atoms with Crippen LogP contribution in [0.5, 0.6) is 0 Å². The van der Waals surface area contributed by atoms with Gasteiger partial charge in [0.2, 0.25) is 0 Å². The van der Waals surface area contributed by atoms with Crippen LogP contribution in [-0.2, 0) is 9.53 Å². The van der Waals surface area contributed by atoms with E-state index in [9.17, 15) is 14.4 Å². The van der Waals surface area contributed by atoms with Gasteiger partial charge in [-0.1, -0.05) is 0 Å². The molecule has 0 aliphatic rings. The van der Waals surface area contributed by atoms with Crippen molar-refractivity contribution in [3.8, 4) is 0 Å². The van der Waals surface area contributed by atoms with E-state index < -0.39 is 29.7 Å². The van der Waals surface area contributed by atoms with Crippen LogP contribution in [0.25, 0.3) is 0 Å². The fourth-order valence-electron chi connectivity index (χ4n) is 1.50. The number of nitrogens with one attached hydrogen (secondary N) is 3. The van der Waals surface area contributed by atoms with Gasteiger partial charge in [0, 0.05) is 6.54 Å². The maximum absolute atomic E-state index is 11.4. The Labute approximate surface area is 123 Å². The third kappa shape index (κ3) is 10.4. The first-order valence-corrected chi connectivity index (χ1v) is 6.62. The maximum Gasteiger partial charge on any atom is 0.407 e. The number of carboxylic acid groups (broad SMARTS) is 1. The molecule has 1 unspecified atom stereocenters. The molecule has 0 heterocycles. The minimum Gasteiger partial charge on any atom is -0.465 e. The number of rotatable bonds is 7. The second-order valence-corrected chi connectivity index (χ2v) is 5.44. The molecular formula is C12H24N4O5. The molecule has 0 saturated carbocycles. The van der Waals surface area contributed by atoms with E-state index >= 15 is 0 Å². The molecule has 0 fully saturated rings. The van der Waals surface area contributed by atoms with Gasteiger partial charge in [0.1, 0.15) is 11.6 Å². The second-order valence-electron chi connectivity index (χ2n) is 5.44. The van der Waals surface area contributed by atoms with Crippen molar-refractivity contribution in [3.63, 3.8) is 0 Å². The first-order valence-electron chi connectivity index (χ1n) is 6.62. The number of hydrogen-bond donors (Lipinski definition) is 5. The summed E-state index contributed by atoms with van der Waals surface area (Å²) in [7, 11) is 0. The molecule has 0 rings (SSSR count). The Balaban J connectivity index is 3.93. The van der Waals surface area contributed by atoms with Crippen molar-refractivity contribution >= 4 is 18.1 Å². The van der Waals surface area contributed by atoms with Crippen molar-refractivity contribution in [2.45, 2.75) is 51.7 Å². The van der Waals surface area contributed by atoms with Crippen LogP contribution in [0.1, 0.15) is 40.0 Å². The molecule has 9 nitrogen and oxygen atoms in total. The van der Waals surface area contributed by atoms with Crippen LogP contribution in [-0.4, -0.2) is 41.4 Å². The number of amides is 3. The van der Waals surface area contributed by atoms with E-state index in [2.05, 4.69) is 10.6 Å². The lowest BCUT2D eigenvalue weighted by atomic mass is 10.1. The lowest BCUT2D eigenvalue weighted by Crippen LogP contribution is -2.48. The highest BCUT2D eigenvalue weighted by Crippen LogP contribution is 2.06. The summed E-state index contributed by atoms with van der Waals surface area (Å²) in [4.78, 5) is 33.2. The van der Waals surface area contributed by atoms with Gasteiger partial charge < -0.3 is 20.5 Å². The van der Waals surface area contributed by atoms with Gasteiger partial charge in [-0.3, -0.25) is 10.2 Å². The molecule has 0 bridgehead atoms. The summed E-state index contributed by atoms with van der Waals surface area (Å²) in [5, 5.41) is 13.3. The molecular weight excluding hydrogens is 280 g/mol. The van der Waals surface area contributed by atoms with Crippen LogP contribution < -0.4 is 21.9 Å². The fourth-order valence-corrected chi connectivity index (χ4v) is 1.50. The second kappa shape index (κ2) is 9.01. The number of unbranched alkanes of at least 4 members (excludes halogenated alkanes) is 1. The number of carbonyl (C=O) groups excluding carboxylic acids is 2. The summed E-state index contributed by atoms with van der Waals surface area (Å²) >= 11 is 0. The smallest absolute Gasteiger partial charge is 0.407 e. The summed E-state index contributed by atoms with van der Waals surface area (Å²) in [6, 6.07) is -0.908. The summed E-state index contributed by atoms with van der Waals surface area (Å²) in [6.07, 6.45) is -0.410. The lowest BCUT2D eigenvalue weighted by molar-refractivity contribution is -0.123. The summed E-state index contributed by atoms with van der Waals surface area (Å²) in [5.41, 5.74) is 1.35. The monoisotopic (exact) mass is 304 g/mol. The van der Waals surface area contributed by atoms with E-state index in [0.29, 0.717) is 19.4 Å². The molecule has 0 aromatic heterocycles. The number of hydrogen-bond acceptors (Lipinski definition) is 5. The first-order chi connectivity index (χ1) is 9.65. The van der Waals surface area contributed by atoms with E-state index in [0.717, 1.165) is 0 Å². The molecule has 0 aromatic carbocycles. The number of hydrazine groups is 1. The average molecular weight is 304 g/mol. The average Bonchev–Trinajstić information content (AvgIpc) is 2.33. The Kier molecular flexibility index (Phi) is 8.14. The SMILES string of the molecule is CC(C)(C)OC(=O)NCCCCC(NC(=O)O)C(=O)NN. The van der Waals surface area contributed by atoms with E-state index in [1.807, 2.05) is 5.43 Å². The standard InChI is InChI=1S/C12H24N4O5/c1-12(2,3)21-11(20)14-7-5-4-6-8(9(17)16-13)15-10(18)19/h8,15H,4-7,13H2,1-3H3,(H,14,20)(H,16,17)(H,18,19). The van der Waals surface area contributed by atoms with Gasteiger partial charge in [0.25, 0.3) is 5.91 Å². The predicted octanol–water partition coefficient (Wildman–Crippen LogP) is 0.308. The van der Waals surface area contributed by atoms with E-state index in [1.165, 1.54) is 0 Å². The number of ether oxygens (including phenoxy) is 1. The number of nitrogens with two attached hydrogens (primary N) is 1. The van der Waals surface area contributed by atoms with Gasteiger partial charge in [0.05, 0.1) is 0 Å². The third-order valence-electron chi connectivity index (χ3n) is 2.34.